The maximum atomic E-state index is 10.4. The second-order valence-corrected chi connectivity index (χ2v) is 4.65. The summed E-state index contributed by atoms with van der Waals surface area (Å²) in [5.41, 5.74) is 0.992. The highest BCUT2D eigenvalue weighted by Gasteiger charge is 2.02. The van der Waals surface area contributed by atoms with Crippen molar-refractivity contribution < 1.29 is 10.0 Å². The van der Waals surface area contributed by atoms with Gasteiger partial charge in [-0.05, 0) is 24.3 Å². The summed E-state index contributed by atoms with van der Waals surface area (Å²) < 4.78 is 0. The molecule has 1 aromatic carbocycles. The number of benzene rings is 1. The van der Waals surface area contributed by atoms with Crippen LogP contribution in [0.3, 0.4) is 0 Å². The Bertz CT molecular complexity index is 343. The summed E-state index contributed by atoms with van der Waals surface area (Å²) in [6.07, 6.45) is 0.822. The van der Waals surface area contributed by atoms with Crippen LogP contribution in [-0.2, 0) is 0 Å². The average Bonchev–Trinajstić information content (AvgIpc) is 2.34. The highest BCUT2D eigenvalue weighted by molar-refractivity contribution is 7.99. The molecule has 0 aliphatic carbocycles. The number of nitro groups is 1. The number of anilines is 1. The van der Waals surface area contributed by atoms with E-state index in [0.717, 1.165) is 30.2 Å². The van der Waals surface area contributed by atoms with Crippen molar-refractivity contribution in [1.29, 1.82) is 0 Å². The van der Waals surface area contributed by atoms with Gasteiger partial charge in [-0.1, -0.05) is 0 Å². The lowest BCUT2D eigenvalue weighted by molar-refractivity contribution is -0.384. The fourth-order valence-electron chi connectivity index (χ4n) is 1.24. The Hall–Kier alpha value is -1.27. The molecule has 94 valence electrons. The monoisotopic (exact) mass is 256 g/mol. The Morgan fingerprint density at radius 2 is 2.00 bits per heavy atom. The number of thioether (sulfide) groups is 1. The van der Waals surface area contributed by atoms with Gasteiger partial charge in [0.2, 0.25) is 0 Å². The van der Waals surface area contributed by atoms with Gasteiger partial charge in [0.25, 0.3) is 5.69 Å². The summed E-state index contributed by atoms with van der Waals surface area (Å²) in [5.74, 6) is 1.91. The summed E-state index contributed by atoms with van der Waals surface area (Å²) >= 11 is 1.77. The zero-order chi connectivity index (χ0) is 12.5. The molecule has 17 heavy (non-hydrogen) atoms. The number of rotatable bonds is 8. The number of hydrogen-bond donors (Lipinski definition) is 2. The normalized spacial score (nSPS) is 10.2. The van der Waals surface area contributed by atoms with E-state index >= 15 is 0 Å². The lowest BCUT2D eigenvalue weighted by Gasteiger charge is -2.05. The van der Waals surface area contributed by atoms with E-state index in [0.29, 0.717) is 0 Å². The Morgan fingerprint density at radius 3 is 2.59 bits per heavy atom. The van der Waals surface area contributed by atoms with Crippen LogP contribution in [0.5, 0.6) is 0 Å². The number of aliphatic hydroxyl groups is 1. The minimum Gasteiger partial charge on any atom is -0.396 e. The largest absolute Gasteiger partial charge is 0.396 e. The predicted molar refractivity (Wildman–Crippen MR) is 70.6 cm³/mol. The van der Waals surface area contributed by atoms with Crippen molar-refractivity contribution in [2.75, 3.05) is 30.0 Å². The number of nitro benzene ring substituents is 1. The van der Waals surface area contributed by atoms with Crippen LogP contribution in [-0.4, -0.2) is 34.7 Å². The Morgan fingerprint density at radius 1 is 1.29 bits per heavy atom. The van der Waals surface area contributed by atoms with Crippen molar-refractivity contribution in [3.63, 3.8) is 0 Å². The van der Waals surface area contributed by atoms with Gasteiger partial charge >= 0.3 is 0 Å². The molecular formula is C11H16N2O3S. The van der Waals surface area contributed by atoms with E-state index in [1.165, 1.54) is 12.1 Å². The molecule has 5 nitrogen and oxygen atoms in total. The molecule has 0 saturated carbocycles. The smallest absolute Gasteiger partial charge is 0.269 e. The molecule has 2 N–H and O–H groups in total. The first-order chi connectivity index (χ1) is 8.24. The zero-order valence-electron chi connectivity index (χ0n) is 9.46. The molecule has 0 heterocycles. The Balaban J connectivity index is 2.21. The maximum absolute atomic E-state index is 10.4. The molecule has 0 aliphatic rings. The number of nitrogens with zero attached hydrogens (tertiary/aromatic N) is 1. The molecule has 0 radical (unpaired) electrons. The minimum atomic E-state index is -0.408. The van der Waals surface area contributed by atoms with Crippen LogP contribution in [0.15, 0.2) is 24.3 Å². The summed E-state index contributed by atoms with van der Waals surface area (Å²) in [6.45, 7) is 1.05. The third-order valence-electron chi connectivity index (χ3n) is 2.10. The number of hydrogen-bond acceptors (Lipinski definition) is 5. The van der Waals surface area contributed by atoms with Gasteiger partial charge in [-0.15, -0.1) is 0 Å². The van der Waals surface area contributed by atoms with Gasteiger partial charge in [-0.2, -0.15) is 11.8 Å². The topological polar surface area (TPSA) is 75.4 Å². The highest BCUT2D eigenvalue weighted by atomic mass is 32.2. The van der Waals surface area contributed by atoms with E-state index in [-0.39, 0.29) is 12.3 Å². The molecule has 1 rings (SSSR count). The van der Waals surface area contributed by atoms with Crippen LogP contribution in [0.4, 0.5) is 11.4 Å². The molecule has 0 aliphatic heterocycles. The van der Waals surface area contributed by atoms with E-state index in [4.69, 9.17) is 5.11 Å². The Kier molecular flexibility index (Phi) is 6.42. The van der Waals surface area contributed by atoms with Crippen LogP contribution < -0.4 is 5.32 Å². The number of non-ortho nitro benzene ring substituents is 1. The van der Waals surface area contributed by atoms with Crippen molar-refractivity contribution in [2.45, 2.75) is 6.42 Å². The van der Waals surface area contributed by atoms with Crippen molar-refractivity contribution in [3.05, 3.63) is 34.4 Å². The molecule has 0 amide bonds. The fourth-order valence-corrected chi connectivity index (χ4v) is 2.02. The second kappa shape index (κ2) is 7.92. The third-order valence-corrected chi connectivity index (χ3v) is 3.17. The van der Waals surface area contributed by atoms with Crippen LogP contribution in [0.2, 0.25) is 0 Å². The zero-order valence-corrected chi connectivity index (χ0v) is 10.3. The lowest BCUT2D eigenvalue weighted by atomic mass is 10.3. The van der Waals surface area contributed by atoms with Crippen molar-refractivity contribution in [3.8, 4) is 0 Å². The molecule has 0 saturated heterocycles. The number of nitrogens with one attached hydrogen (secondary N) is 1. The Labute approximate surface area is 104 Å². The van der Waals surface area contributed by atoms with Gasteiger partial charge in [0.05, 0.1) is 4.92 Å². The molecule has 0 atom stereocenters. The second-order valence-electron chi connectivity index (χ2n) is 3.42. The highest BCUT2D eigenvalue weighted by Crippen LogP contribution is 2.15. The molecule has 0 fully saturated rings. The van der Waals surface area contributed by atoms with Crippen molar-refractivity contribution in [2.24, 2.45) is 0 Å². The van der Waals surface area contributed by atoms with Gasteiger partial charge in [0.15, 0.2) is 0 Å². The van der Waals surface area contributed by atoms with E-state index < -0.39 is 4.92 Å². The first kappa shape index (κ1) is 13.8. The lowest BCUT2D eigenvalue weighted by Crippen LogP contribution is -2.04. The summed E-state index contributed by atoms with van der Waals surface area (Å²) in [4.78, 5) is 10.0. The van der Waals surface area contributed by atoms with E-state index in [2.05, 4.69) is 5.32 Å². The molecule has 0 spiro atoms. The van der Waals surface area contributed by atoms with Crippen LogP contribution in [0.25, 0.3) is 0 Å². The van der Waals surface area contributed by atoms with Crippen LogP contribution in [0, 0.1) is 10.1 Å². The summed E-state index contributed by atoms with van der Waals surface area (Å²) in [7, 11) is 0. The SMILES string of the molecule is O=[N+]([O-])c1ccc(NCCSCCCO)cc1. The van der Waals surface area contributed by atoms with Gasteiger partial charge in [0, 0.05) is 36.7 Å². The predicted octanol–water partition coefficient (Wildman–Crippen LogP) is 2.12. The van der Waals surface area contributed by atoms with Gasteiger partial charge in [-0.3, -0.25) is 10.1 Å². The fraction of sp³-hybridized carbons (Fsp3) is 0.455. The van der Waals surface area contributed by atoms with Crippen molar-refractivity contribution >= 4 is 23.1 Å². The maximum Gasteiger partial charge on any atom is 0.269 e. The van der Waals surface area contributed by atoms with E-state index in [1.54, 1.807) is 23.9 Å². The molecule has 1 aromatic rings. The van der Waals surface area contributed by atoms with Crippen molar-refractivity contribution in [1.82, 2.24) is 0 Å². The van der Waals surface area contributed by atoms with Gasteiger partial charge < -0.3 is 10.4 Å². The average molecular weight is 256 g/mol. The molecule has 0 unspecified atom stereocenters. The third kappa shape index (κ3) is 5.55. The number of aliphatic hydroxyl groups excluding tert-OH is 1. The molecular weight excluding hydrogens is 240 g/mol. The molecule has 0 aromatic heterocycles. The van der Waals surface area contributed by atoms with Crippen LogP contribution >= 0.6 is 11.8 Å². The van der Waals surface area contributed by atoms with E-state index in [1.807, 2.05) is 0 Å². The first-order valence-electron chi connectivity index (χ1n) is 5.41. The van der Waals surface area contributed by atoms with Gasteiger partial charge in [-0.25, -0.2) is 0 Å². The standard InChI is InChI=1S/C11H16N2O3S/c14-7-1-8-17-9-6-12-10-2-4-11(5-3-10)13(15)16/h2-5,12,14H,1,6-9H2. The van der Waals surface area contributed by atoms with Crippen LogP contribution in [0.1, 0.15) is 6.42 Å². The quantitative estimate of drug-likeness (QED) is 0.423. The minimum absolute atomic E-state index is 0.105. The van der Waals surface area contributed by atoms with E-state index in [9.17, 15) is 10.1 Å². The summed E-state index contributed by atoms with van der Waals surface area (Å²) in [5, 5.41) is 22.2. The summed E-state index contributed by atoms with van der Waals surface area (Å²) in [6, 6.07) is 6.38. The van der Waals surface area contributed by atoms with Gasteiger partial charge in [0.1, 0.15) is 0 Å². The first-order valence-corrected chi connectivity index (χ1v) is 6.56. The molecule has 0 bridgehead atoms. The molecule has 6 heteroatoms.